The van der Waals surface area contributed by atoms with Crippen molar-refractivity contribution < 1.29 is 4.74 Å². The van der Waals surface area contributed by atoms with Crippen LogP contribution in [0.4, 0.5) is 0 Å². The van der Waals surface area contributed by atoms with Gasteiger partial charge in [-0.2, -0.15) is 0 Å². The molecule has 0 aromatic heterocycles. The topological polar surface area (TPSA) is 21.3 Å². The SMILES string of the molecule is ClC1CCC(CNCC2CCCCO2)C1. The Morgan fingerprint density at radius 2 is 2.07 bits per heavy atom. The summed E-state index contributed by atoms with van der Waals surface area (Å²) in [4.78, 5) is 0. The second kappa shape index (κ2) is 6.07. The Morgan fingerprint density at radius 1 is 1.13 bits per heavy atom. The fraction of sp³-hybridized carbons (Fsp3) is 1.00. The maximum absolute atomic E-state index is 6.08. The molecular weight excluding hydrogens is 210 g/mol. The molecule has 15 heavy (non-hydrogen) atoms. The number of halogens is 1. The van der Waals surface area contributed by atoms with Crippen molar-refractivity contribution in [2.45, 2.75) is 50.0 Å². The zero-order chi connectivity index (χ0) is 10.5. The minimum Gasteiger partial charge on any atom is -0.377 e. The highest BCUT2D eigenvalue weighted by Gasteiger charge is 2.22. The minimum absolute atomic E-state index is 0.433. The molecule has 1 aliphatic carbocycles. The molecule has 2 aliphatic rings. The normalized spacial score (nSPS) is 37.0. The lowest BCUT2D eigenvalue weighted by Gasteiger charge is -2.23. The van der Waals surface area contributed by atoms with Crippen LogP contribution in [0.3, 0.4) is 0 Å². The van der Waals surface area contributed by atoms with E-state index in [0.29, 0.717) is 11.5 Å². The molecule has 1 N–H and O–H groups in total. The third kappa shape index (κ3) is 3.93. The second-order valence-corrected chi connectivity index (χ2v) is 5.54. The van der Waals surface area contributed by atoms with E-state index in [9.17, 15) is 0 Å². The zero-order valence-corrected chi connectivity index (χ0v) is 10.1. The molecule has 1 heterocycles. The van der Waals surface area contributed by atoms with Crippen molar-refractivity contribution in [2.24, 2.45) is 5.92 Å². The Bertz CT molecular complexity index is 178. The highest BCUT2D eigenvalue weighted by atomic mass is 35.5. The predicted octanol–water partition coefficient (Wildman–Crippen LogP) is 2.55. The van der Waals surface area contributed by atoms with Crippen molar-refractivity contribution >= 4 is 11.6 Å². The van der Waals surface area contributed by atoms with Gasteiger partial charge in [-0.25, -0.2) is 0 Å². The van der Waals surface area contributed by atoms with Crippen LogP contribution in [0.5, 0.6) is 0 Å². The van der Waals surface area contributed by atoms with E-state index in [2.05, 4.69) is 5.32 Å². The van der Waals surface area contributed by atoms with Crippen LogP contribution < -0.4 is 5.32 Å². The van der Waals surface area contributed by atoms with Crippen LogP contribution in [0.25, 0.3) is 0 Å². The lowest BCUT2D eigenvalue weighted by Crippen LogP contribution is -2.34. The molecule has 0 amide bonds. The molecule has 2 rings (SSSR count). The molecule has 3 atom stereocenters. The summed E-state index contributed by atoms with van der Waals surface area (Å²) in [5, 5.41) is 3.97. The maximum atomic E-state index is 6.08. The van der Waals surface area contributed by atoms with Crippen molar-refractivity contribution in [1.82, 2.24) is 5.32 Å². The third-order valence-electron chi connectivity index (χ3n) is 3.56. The summed E-state index contributed by atoms with van der Waals surface area (Å²) in [6.45, 7) is 3.12. The van der Waals surface area contributed by atoms with Gasteiger partial charge < -0.3 is 10.1 Å². The summed E-state index contributed by atoms with van der Waals surface area (Å²) < 4.78 is 5.68. The van der Waals surface area contributed by atoms with Gasteiger partial charge in [0, 0.05) is 18.5 Å². The summed E-state index contributed by atoms with van der Waals surface area (Å²) in [7, 11) is 0. The summed E-state index contributed by atoms with van der Waals surface area (Å²) >= 11 is 6.08. The van der Waals surface area contributed by atoms with Gasteiger partial charge in [0.05, 0.1) is 6.10 Å². The first-order valence-corrected chi connectivity index (χ1v) is 6.74. The summed E-state index contributed by atoms with van der Waals surface area (Å²) in [6, 6.07) is 0. The van der Waals surface area contributed by atoms with Crippen LogP contribution in [0.2, 0.25) is 0 Å². The molecule has 88 valence electrons. The van der Waals surface area contributed by atoms with Crippen molar-refractivity contribution in [1.29, 1.82) is 0 Å². The van der Waals surface area contributed by atoms with Gasteiger partial charge in [-0.1, -0.05) is 0 Å². The first kappa shape index (κ1) is 11.7. The second-order valence-electron chi connectivity index (χ2n) is 4.92. The van der Waals surface area contributed by atoms with Gasteiger partial charge >= 0.3 is 0 Å². The molecule has 0 aromatic carbocycles. The maximum Gasteiger partial charge on any atom is 0.0699 e. The van der Waals surface area contributed by atoms with Gasteiger partial charge in [0.1, 0.15) is 0 Å². The molecule has 0 spiro atoms. The number of rotatable bonds is 4. The van der Waals surface area contributed by atoms with Crippen LogP contribution in [-0.4, -0.2) is 31.2 Å². The van der Waals surface area contributed by atoms with Crippen molar-refractivity contribution in [3.63, 3.8) is 0 Å². The van der Waals surface area contributed by atoms with Crippen LogP contribution in [-0.2, 0) is 4.74 Å². The largest absolute Gasteiger partial charge is 0.377 e. The summed E-state index contributed by atoms with van der Waals surface area (Å²) in [5.74, 6) is 0.802. The fourth-order valence-corrected chi connectivity index (χ4v) is 2.99. The summed E-state index contributed by atoms with van der Waals surface area (Å²) in [5.41, 5.74) is 0. The quantitative estimate of drug-likeness (QED) is 0.751. The standard InChI is InChI=1S/C12H22ClNO/c13-11-5-4-10(7-11)8-14-9-12-3-1-2-6-15-12/h10-12,14H,1-9H2. The van der Waals surface area contributed by atoms with Gasteiger partial charge in [-0.15, -0.1) is 11.6 Å². The van der Waals surface area contributed by atoms with Gasteiger partial charge in [0.15, 0.2) is 0 Å². The Labute approximate surface area is 97.7 Å². The van der Waals surface area contributed by atoms with E-state index in [1.807, 2.05) is 0 Å². The number of hydrogen-bond acceptors (Lipinski definition) is 2. The first-order chi connectivity index (χ1) is 7.34. The zero-order valence-electron chi connectivity index (χ0n) is 9.38. The van der Waals surface area contributed by atoms with Crippen LogP contribution in [0.15, 0.2) is 0 Å². The van der Waals surface area contributed by atoms with E-state index in [1.54, 1.807) is 0 Å². The molecule has 0 aromatic rings. The smallest absolute Gasteiger partial charge is 0.0699 e. The minimum atomic E-state index is 0.433. The molecule has 3 heteroatoms. The van der Waals surface area contributed by atoms with Crippen molar-refractivity contribution in [3.8, 4) is 0 Å². The average Bonchev–Trinajstić information content (AvgIpc) is 2.66. The Hall–Kier alpha value is 0.210. The lowest BCUT2D eigenvalue weighted by molar-refractivity contribution is 0.0165. The van der Waals surface area contributed by atoms with E-state index in [4.69, 9.17) is 16.3 Å². The van der Waals surface area contributed by atoms with Gasteiger partial charge in [0.2, 0.25) is 0 Å². The highest BCUT2D eigenvalue weighted by molar-refractivity contribution is 6.20. The van der Waals surface area contributed by atoms with Gasteiger partial charge in [0.25, 0.3) is 0 Å². The Morgan fingerprint density at radius 3 is 2.73 bits per heavy atom. The summed E-state index contributed by atoms with van der Waals surface area (Å²) in [6.07, 6.45) is 7.97. The number of hydrogen-bond donors (Lipinski definition) is 1. The van der Waals surface area contributed by atoms with Gasteiger partial charge in [-0.3, -0.25) is 0 Å². The molecule has 2 nitrogen and oxygen atoms in total. The highest BCUT2D eigenvalue weighted by Crippen LogP contribution is 2.28. The van der Waals surface area contributed by atoms with E-state index in [-0.39, 0.29) is 0 Å². The van der Waals surface area contributed by atoms with Crippen LogP contribution in [0.1, 0.15) is 38.5 Å². The van der Waals surface area contributed by atoms with E-state index in [0.717, 1.165) is 25.6 Å². The number of alkyl halides is 1. The van der Waals surface area contributed by atoms with Crippen LogP contribution in [0, 0.1) is 5.92 Å². The Kier molecular flexibility index (Phi) is 4.73. The van der Waals surface area contributed by atoms with Gasteiger partial charge in [-0.05, 0) is 51.0 Å². The molecule has 3 unspecified atom stereocenters. The molecule has 1 saturated heterocycles. The van der Waals surface area contributed by atoms with Crippen molar-refractivity contribution in [3.05, 3.63) is 0 Å². The average molecular weight is 232 g/mol. The molecule has 0 radical (unpaired) electrons. The number of ether oxygens (including phenoxy) is 1. The fourth-order valence-electron chi connectivity index (χ4n) is 2.62. The lowest BCUT2D eigenvalue weighted by atomic mass is 10.1. The predicted molar refractivity (Wildman–Crippen MR) is 63.4 cm³/mol. The van der Waals surface area contributed by atoms with Crippen LogP contribution >= 0.6 is 11.6 Å². The Balaban J connectivity index is 1.54. The molecule has 0 bridgehead atoms. The van der Waals surface area contributed by atoms with Crippen molar-refractivity contribution in [2.75, 3.05) is 19.7 Å². The van der Waals surface area contributed by atoms with E-state index < -0.39 is 0 Å². The first-order valence-electron chi connectivity index (χ1n) is 6.31. The number of nitrogens with one attached hydrogen (secondary N) is 1. The molecular formula is C12H22ClNO. The molecule has 2 fully saturated rings. The molecule has 1 saturated carbocycles. The third-order valence-corrected chi connectivity index (χ3v) is 3.95. The molecule has 1 aliphatic heterocycles. The van der Waals surface area contributed by atoms with E-state index in [1.165, 1.54) is 38.5 Å². The van der Waals surface area contributed by atoms with E-state index >= 15 is 0 Å². The monoisotopic (exact) mass is 231 g/mol.